The molecule has 1 fully saturated rings. The molecule has 5 rings (SSSR count). The SMILES string of the molecule is CCc1ccc(CN2CC(c3nc(-c4ccc(OCc5ccccc5)cc4)no3)CC2=O)cc1. The van der Waals surface area contributed by atoms with Crippen molar-refractivity contribution in [1.29, 1.82) is 0 Å². The summed E-state index contributed by atoms with van der Waals surface area (Å²) in [5, 5.41) is 4.15. The van der Waals surface area contributed by atoms with Crippen molar-refractivity contribution < 1.29 is 14.1 Å². The van der Waals surface area contributed by atoms with Gasteiger partial charge in [-0.15, -0.1) is 0 Å². The number of carbonyl (C=O) groups excluding carboxylic acids is 1. The van der Waals surface area contributed by atoms with Crippen molar-refractivity contribution in [2.75, 3.05) is 6.54 Å². The first-order chi connectivity index (χ1) is 16.7. The maximum absolute atomic E-state index is 12.6. The fraction of sp³-hybridized carbons (Fsp3) is 0.250. The second kappa shape index (κ2) is 9.91. The van der Waals surface area contributed by atoms with Gasteiger partial charge in [-0.25, -0.2) is 0 Å². The lowest BCUT2D eigenvalue weighted by molar-refractivity contribution is -0.128. The Labute approximate surface area is 199 Å². The van der Waals surface area contributed by atoms with E-state index in [1.54, 1.807) is 0 Å². The predicted molar refractivity (Wildman–Crippen MR) is 129 cm³/mol. The fourth-order valence-electron chi connectivity index (χ4n) is 4.15. The number of likely N-dealkylation sites (tertiary alicyclic amines) is 1. The van der Waals surface area contributed by atoms with Crippen LogP contribution < -0.4 is 4.74 Å². The number of aromatic nitrogens is 2. The van der Waals surface area contributed by atoms with Crippen LogP contribution in [0.15, 0.2) is 83.4 Å². The molecule has 1 saturated heterocycles. The number of carbonyl (C=O) groups is 1. The summed E-state index contributed by atoms with van der Waals surface area (Å²) < 4.78 is 11.4. The molecule has 3 aromatic carbocycles. The van der Waals surface area contributed by atoms with Crippen LogP contribution in [-0.4, -0.2) is 27.5 Å². The first-order valence-electron chi connectivity index (χ1n) is 11.6. The van der Waals surface area contributed by atoms with Crippen molar-refractivity contribution >= 4 is 5.91 Å². The zero-order valence-corrected chi connectivity index (χ0v) is 19.2. The standard InChI is InChI=1S/C28H27N3O3/c1-2-20-8-10-21(11-9-20)17-31-18-24(16-26(31)32)28-29-27(30-34-28)23-12-14-25(15-13-23)33-19-22-6-4-3-5-7-22/h3-15,24H,2,16-19H2,1H3. The maximum atomic E-state index is 12.6. The lowest BCUT2D eigenvalue weighted by atomic mass is 10.1. The number of hydrogen-bond donors (Lipinski definition) is 0. The third kappa shape index (κ3) is 5.01. The Morgan fingerprint density at radius 1 is 0.941 bits per heavy atom. The van der Waals surface area contributed by atoms with E-state index in [-0.39, 0.29) is 11.8 Å². The van der Waals surface area contributed by atoms with Crippen molar-refractivity contribution in [2.24, 2.45) is 0 Å². The number of aryl methyl sites for hydroxylation is 1. The van der Waals surface area contributed by atoms with Gasteiger partial charge in [-0.05, 0) is 47.4 Å². The van der Waals surface area contributed by atoms with Gasteiger partial charge in [0.2, 0.25) is 17.6 Å². The summed E-state index contributed by atoms with van der Waals surface area (Å²) in [6, 6.07) is 26.1. The van der Waals surface area contributed by atoms with Gasteiger partial charge in [0.25, 0.3) is 0 Å². The third-order valence-electron chi connectivity index (χ3n) is 6.17. The Hall–Kier alpha value is -3.93. The van der Waals surface area contributed by atoms with E-state index in [4.69, 9.17) is 9.26 Å². The third-order valence-corrected chi connectivity index (χ3v) is 6.17. The average Bonchev–Trinajstić information content (AvgIpc) is 3.51. The van der Waals surface area contributed by atoms with Crippen molar-refractivity contribution in [3.8, 4) is 17.1 Å². The van der Waals surface area contributed by atoms with Crippen LogP contribution in [0.25, 0.3) is 11.4 Å². The first kappa shape index (κ1) is 21.9. The molecule has 2 heterocycles. The van der Waals surface area contributed by atoms with Gasteiger partial charge in [0.05, 0.1) is 5.92 Å². The normalized spacial score (nSPS) is 15.6. The Kier molecular flexibility index (Phi) is 6.38. The van der Waals surface area contributed by atoms with Crippen LogP contribution in [0.4, 0.5) is 0 Å². The number of hydrogen-bond acceptors (Lipinski definition) is 5. The molecule has 0 bridgehead atoms. The molecular weight excluding hydrogens is 426 g/mol. The van der Waals surface area contributed by atoms with Crippen LogP contribution in [0.3, 0.4) is 0 Å². The molecule has 0 radical (unpaired) electrons. The number of benzene rings is 3. The minimum atomic E-state index is -0.0860. The molecule has 0 aliphatic carbocycles. The lowest BCUT2D eigenvalue weighted by Gasteiger charge is -2.16. The van der Waals surface area contributed by atoms with Crippen LogP contribution in [0, 0.1) is 0 Å². The second-order valence-corrected chi connectivity index (χ2v) is 8.60. The van der Waals surface area contributed by atoms with E-state index in [9.17, 15) is 4.79 Å². The highest BCUT2D eigenvalue weighted by molar-refractivity contribution is 5.79. The molecule has 6 heteroatoms. The number of nitrogens with zero attached hydrogens (tertiary/aromatic N) is 3. The van der Waals surface area contributed by atoms with Gasteiger partial charge in [-0.1, -0.05) is 66.7 Å². The van der Waals surface area contributed by atoms with Gasteiger partial charge < -0.3 is 14.2 Å². The van der Waals surface area contributed by atoms with Crippen LogP contribution in [-0.2, 0) is 24.4 Å². The molecule has 1 unspecified atom stereocenters. The number of rotatable bonds is 8. The van der Waals surface area contributed by atoms with Gasteiger partial charge in [0, 0.05) is 25.1 Å². The van der Waals surface area contributed by atoms with E-state index in [0.29, 0.717) is 37.8 Å². The highest BCUT2D eigenvalue weighted by atomic mass is 16.5. The van der Waals surface area contributed by atoms with Crippen molar-refractivity contribution in [2.45, 2.75) is 38.8 Å². The Balaban J connectivity index is 1.20. The monoisotopic (exact) mass is 453 g/mol. The van der Waals surface area contributed by atoms with Gasteiger partial charge in [-0.2, -0.15) is 4.98 Å². The van der Waals surface area contributed by atoms with E-state index in [1.165, 1.54) is 5.56 Å². The van der Waals surface area contributed by atoms with E-state index in [2.05, 4.69) is 41.3 Å². The summed E-state index contributed by atoms with van der Waals surface area (Å²) in [5.41, 5.74) is 4.39. The molecule has 1 amide bonds. The van der Waals surface area contributed by atoms with E-state index in [0.717, 1.165) is 28.9 Å². The molecule has 1 aliphatic rings. The summed E-state index contributed by atoms with van der Waals surface area (Å²) in [7, 11) is 0. The molecular formula is C28H27N3O3. The molecule has 1 atom stereocenters. The van der Waals surface area contributed by atoms with Gasteiger partial charge in [-0.3, -0.25) is 4.79 Å². The zero-order valence-electron chi connectivity index (χ0n) is 19.2. The minimum Gasteiger partial charge on any atom is -0.489 e. The van der Waals surface area contributed by atoms with Gasteiger partial charge >= 0.3 is 0 Å². The molecule has 0 N–H and O–H groups in total. The summed E-state index contributed by atoms with van der Waals surface area (Å²) in [4.78, 5) is 19.0. The predicted octanol–water partition coefficient (Wildman–Crippen LogP) is 5.39. The Bertz CT molecular complexity index is 1230. The van der Waals surface area contributed by atoms with E-state index < -0.39 is 0 Å². The highest BCUT2D eigenvalue weighted by Crippen LogP contribution is 2.30. The van der Waals surface area contributed by atoms with Crippen LogP contribution >= 0.6 is 0 Å². The molecule has 0 saturated carbocycles. The second-order valence-electron chi connectivity index (χ2n) is 8.60. The van der Waals surface area contributed by atoms with Gasteiger partial charge in [0.15, 0.2) is 0 Å². The summed E-state index contributed by atoms with van der Waals surface area (Å²) in [5.74, 6) is 1.84. The molecule has 4 aromatic rings. The average molecular weight is 454 g/mol. The van der Waals surface area contributed by atoms with Crippen LogP contribution in [0.5, 0.6) is 5.75 Å². The maximum Gasteiger partial charge on any atom is 0.232 e. The van der Waals surface area contributed by atoms with Crippen molar-refractivity contribution in [1.82, 2.24) is 15.0 Å². The van der Waals surface area contributed by atoms with E-state index >= 15 is 0 Å². The quantitative estimate of drug-likeness (QED) is 0.358. The van der Waals surface area contributed by atoms with Crippen LogP contribution in [0.1, 0.15) is 41.8 Å². The molecule has 1 aromatic heterocycles. The van der Waals surface area contributed by atoms with Crippen molar-refractivity contribution in [3.63, 3.8) is 0 Å². The first-order valence-corrected chi connectivity index (χ1v) is 11.6. The van der Waals surface area contributed by atoms with E-state index in [1.807, 2.05) is 59.5 Å². The molecule has 0 spiro atoms. The van der Waals surface area contributed by atoms with Gasteiger partial charge in [0.1, 0.15) is 12.4 Å². The largest absolute Gasteiger partial charge is 0.489 e. The number of ether oxygens (including phenoxy) is 1. The highest BCUT2D eigenvalue weighted by Gasteiger charge is 2.34. The molecule has 172 valence electrons. The molecule has 34 heavy (non-hydrogen) atoms. The molecule has 1 aliphatic heterocycles. The summed E-state index contributed by atoms with van der Waals surface area (Å²) in [6.45, 7) is 3.84. The molecule has 6 nitrogen and oxygen atoms in total. The Morgan fingerprint density at radius 2 is 1.68 bits per heavy atom. The lowest BCUT2D eigenvalue weighted by Crippen LogP contribution is -2.24. The minimum absolute atomic E-state index is 0.0860. The van der Waals surface area contributed by atoms with Crippen LogP contribution in [0.2, 0.25) is 0 Å². The zero-order chi connectivity index (χ0) is 23.3. The fourth-order valence-corrected chi connectivity index (χ4v) is 4.15. The number of amides is 1. The Morgan fingerprint density at radius 3 is 2.41 bits per heavy atom. The summed E-state index contributed by atoms with van der Waals surface area (Å²) >= 11 is 0. The summed E-state index contributed by atoms with van der Waals surface area (Å²) in [6.07, 6.45) is 1.40. The topological polar surface area (TPSA) is 68.5 Å². The van der Waals surface area contributed by atoms with Crippen molar-refractivity contribution in [3.05, 3.63) is 101 Å². The smallest absolute Gasteiger partial charge is 0.232 e.